The van der Waals surface area contributed by atoms with Gasteiger partial charge in [-0.1, -0.05) is 127 Å². The van der Waals surface area contributed by atoms with Gasteiger partial charge in [-0.05, 0) is 29.8 Å². The molecule has 0 radical (unpaired) electrons. The van der Waals surface area contributed by atoms with Gasteiger partial charge in [-0.25, -0.2) is 4.99 Å². The third-order valence-electron chi connectivity index (χ3n) is 10.2. The van der Waals surface area contributed by atoms with Gasteiger partial charge in [-0.2, -0.15) is 0 Å². The smallest absolute Gasteiger partial charge is 0.143 e. The Hall–Kier alpha value is -6.21. The molecular weight excluding hydrogens is 647 g/mol. The number of aliphatic imine (C=N–C) groups is 1. The maximum Gasteiger partial charge on any atom is 0.143 e. The SMILES string of the molecule is c1ccc(C2=NC(c3cccc4c3sc3ccccc34)NC(c3cccc4c3oc3c(-c5ccc6c(c5)oc5ccccc56)cccc34)N2)cc1. The number of nitrogens with one attached hydrogen (secondary N) is 2. The predicted octanol–water partition coefficient (Wildman–Crippen LogP) is 11.9. The van der Waals surface area contributed by atoms with Crippen LogP contribution in [0.5, 0.6) is 0 Å². The van der Waals surface area contributed by atoms with E-state index >= 15 is 0 Å². The third kappa shape index (κ3) is 4.47. The van der Waals surface area contributed by atoms with E-state index in [0.717, 1.165) is 77.5 Å². The minimum absolute atomic E-state index is 0.271. The normalized spacial score (nSPS) is 16.4. The fourth-order valence-electron chi connectivity index (χ4n) is 7.80. The minimum atomic E-state index is -0.283. The molecule has 0 bridgehead atoms. The van der Waals surface area contributed by atoms with E-state index < -0.39 is 0 Å². The van der Waals surface area contributed by atoms with E-state index in [1.54, 1.807) is 0 Å². The lowest BCUT2D eigenvalue weighted by Gasteiger charge is -2.32. The maximum absolute atomic E-state index is 6.94. The number of rotatable bonds is 4. The average molecular weight is 676 g/mol. The van der Waals surface area contributed by atoms with Crippen LogP contribution < -0.4 is 10.6 Å². The van der Waals surface area contributed by atoms with Crippen molar-refractivity contribution in [3.8, 4) is 11.1 Å². The van der Waals surface area contributed by atoms with Gasteiger partial charge in [-0.15, -0.1) is 11.3 Å². The van der Waals surface area contributed by atoms with Crippen molar-refractivity contribution in [2.45, 2.75) is 12.3 Å². The first-order valence-electron chi connectivity index (χ1n) is 17.2. The van der Waals surface area contributed by atoms with Gasteiger partial charge in [0, 0.05) is 64.0 Å². The molecule has 3 aromatic heterocycles. The molecule has 6 heteroatoms. The molecule has 51 heavy (non-hydrogen) atoms. The highest BCUT2D eigenvalue weighted by atomic mass is 32.1. The fraction of sp³-hybridized carbons (Fsp3) is 0.0444. The Balaban J connectivity index is 1.06. The summed E-state index contributed by atoms with van der Waals surface area (Å²) in [6, 6.07) is 53.0. The first kappa shape index (κ1) is 28.6. The van der Waals surface area contributed by atoms with Crippen molar-refractivity contribution in [3.05, 3.63) is 168 Å². The summed E-state index contributed by atoms with van der Waals surface area (Å²) in [4.78, 5) is 5.30. The van der Waals surface area contributed by atoms with Crippen LogP contribution in [0.15, 0.2) is 165 Å². The molecule has 0 fully saturated rings. The molecule has 11 rings (SSSR count). The quantitative estimate of drug-likeness (QED) is 0.195. The maximum atomic E-state index is 6.94. The van der Waals surface area contributed by atoms with E-state index in [2.05, 4.69) is 144 Å². The fourth-order valence-corrected chi connectivity index (χ4v) is 9.03. The highest BCUT2D eigenvalue weighted by molar-refractivity contribution is 7.26. The van der Waals surface area contributed by atoms with Crippen molar-refractivity contribution in [1.82, 2.24) is 10.6 Å². The molecule has 4 heterocycles. The average Bonchev–Trinajstić information content (AvgIpc) is 3.89. The number of benzene rings is 7. The molecule has 0 saturated carbocycles. The zero-order valence-corrected chi connectivity index (χ0v) is 28.1. The lowest BCUT2D eigenvalue weighted by molar-refractivity contribution is 0.410. The Labute approximate surface area is 296 Å². The van der Waals surface area contributed by atoms with Gasteiger partial charge >= 0.3 is 0 Å². The molecule has 1 aliphatic heterocycles. The van der Waals surface area contributed by atoms with Gasteiger partial charge in [0.25, 0.3) is 0 Å². The number of furan rings is 2. The van der Waals surface area contributed by atoms with Crippen LogP contribution in [0.3, 0.4) is 0 Å². The summed E-state index contributed by atoms with van der Waals surface area (Å²) in [5, 5.41) is 14.5. The van der Waals surface area contributed by atoms with Crippen molar-refractivity contribution in [3.63, 3.8) is 0 Å². The zero-order chi connectivity index (χ0) is 33.5. The second-order valence-corrected chi connectivity index (χ2v) is 14.2. The molecule has 2 atom stereocenters. The summed E-state index contributed by atoms with van der Waals surface area (Å²) >= 11 is 1.83. The molecule has 1 aliphatic rings. The lowest BCUT2D eigenvalue weighted by atomic mass is 10.00. The molecule has 0 aliphatic carbocycles. The Kier molecular flexibility index (Phi) is 6.26. The highest BCUT2D eigenvalue weighted by Crippen LogP contribution is 2.42. The van der Waals surface area contributed by atoms with E-state index in [9.17, 15) is 0 Å². The summed E-state index contributed by atoms with van der Waals surface area (Å²) in [6.07, 6.45) is -0.555. The number of nitrogens with zero attached hydrogens (tertiary/aromatic N) is 1. The van der Waals surface area contributed by atoms with Crippen molar-refractivity contribution >= 4 is 81.2 Å². The van der Waals surface area contributed by atoms with E-state index in [1.165, 1.54) is 20.2 Å². The molecule has 0 saturated heterocycles. The number of hydrogen-bond donors (Lipinski definition) is 2. The number of amidine groups is 1. The van der Waals surface area contributed by atoms with Crippen molar-refractivity contribution in [1.29, 1.82) is 0 Å². The number of para-hydroxylation sites is 3. The van der Waals surface area contributed by atoms with Crippen LogP contribution in [0.25, 0.3) is 75.2 Å². The van der Waals surface area contributed by atoms with Crippen LogP contribution >= 0.6 is 11.3 Å². The number of fused-ring (bicyclic) bond motifs is 9. The summed E-state index contributed by atoms with van der Waals surface area (Å²) in [5.74, 6) is 0.843. The Morgan fingerprint density at radius 3 is 2.12 bits per heavy atom. The predicted molar refractivity (Wildman–Crippen MR) is 210 cm³/mol. The van der Waals surface area contributed by atoms with Gasteiger partial charge < -0.3 is 14.2 Å². The minimum Gasteiger partial charge on any atom is -0.456 e. The molecule has 2 unspecified atom stereocenters. The monoisotopic (exact) mass is 675 g/mol. The highest BCUT2D eigenvalue weighted by Gasteiger charge is 2.29. The Bertz CT molecular complexity index is 3010. The number of thiophene rings is 1. The molecule has 242 valence electrons. The van der Waals surface area contributed by atoms with Crippen LogP contribution in [0.1, 0.15) is 29.0 Å². The van der Waals surface area contributed by atoms with Gasteiger partial charge in [0.1, 0.15) is 40.5 Å². The lowest BCUT2D eigenvalue weighted by Crippen LogP contribution is -2.45. The zero-order valence-electron chi connectivity index (χ0n) is 27.3. The van der Waals surface area contributed by atoms with Crippen molar-refractivity contribution in [2.24, 2.45) is 4.99 Å². The Morgan fingerprint density at radius 1 is 0.510 bits per heavy atom. The van der Waals surface area contributed by atoms with Gasteiger partial charge in [0.15, 0.2) is 0 Å². The summed E-state index contributed by atoms with van der Waals surface area (Å²) in [5.41, 5.74) is 8.77. The van der Waals surface area contributed by atoms with E-state index in [1.807, 2.05) is 29.5 Å². The Morgan fingerprint density at radius 2 is 1.22 bits per heavy atom. The molecule has 7 aromatic carbocycles. The summed E-state index contributed by atoms with van der Waals surface area (Å²) in [6.45, 7) is 0. The van der Waals surface area contributed by atoms with E-state index in [-0.39, 0.29) is 12.3 Å². The van der Waals surface area contributed by atoms with E-state index in [4.69, 9.17) is 13.8 Å². The first-order valence-corrected chi connectivity index (χ1v) is 18.0. The second kappa shape index (κ2) is 11.2. The summed E-state index contributed by atoms with van der Waals surface area (Å²) < 4.78 is 15.7. The topological polar surface area (TPSA) is 62.7 Å². The van der Waals surface area contributed by atoms with Gasteiger partial charge in [-0.3, -0.25) is 5.32 Å². The van der Waals surface area contributed by atoms with Crippen LogP contribution in [0, 0.1) is 0 Å². The largest absolute Gasteiger partial charge is 0.456 e. The van der Waals surface area contributed by atoms with Crippen LogP contribution in [-0.4, -0.2) is 5.84 Å². The number of hydrogen-bond acceptors (Lipinski definition) is 6. The standard InChI is InChI=1S/C45H29N3O2S/c1-2-11-26(12-3-1)43-46-44(48-45(47-43)36-20-10-18-34-31-14-5-7-22-39(31)51-42(34)36)35-19-9-17-33-32-16-8-15-28(40(32)50-41(33)35)27-23-24-30-29-13-4-6-21-37(29)49-38(30)25-27/h1-25,44-45,48H,(H,46,47). The van der Waals surface area contributed by atoms with Crippen molar-refractivity contribution < 1.29 is 8.83 Å². The van der Waals surface area contributed by atoms with Gasteiger partial charge in [0.05, 0.1) is 0 Å². The van der Waals surface area contributed by atoms with Crippen LogP contribution in [0.2, 0.25) is 0 Å². The van der Waals surface area contributed by atoms with Crippen molar-refractivity contribution in [2.75, 3.05) is 0 Å². The van der Waals surface area contributed by atoms with Crippen LogP contribution in [0.4, 0.5) is 0 Å². The molecule has 10 aromatic rings. The molecular formula is C45H29N3O2S. The van der Waals surface area contributed by atoms with E-state index in [0.29, 0.717) is 0 Å². The van der Waals surface area contributed by atoms with Crippen LogP contribution in [-0.2, 0) is 0 Å². The molecule has 5 nitrogen and oxygen atoms in total. The molecule has 0 spiro atoms. The first-order chi connectivity index (χ1) is 25.3. The molecule has 2 N–H and O–H groups in total. The third-order valence-corrected chi connectivity index (χ3v) is 11.4. The second-order valence-electron chi connectivity index (χ2n) is 13.1. The summed E-state index contributed by atoms with van der Waals surface area (Å²) in [7, 11) is 0. The van der Waals surface area contributed by atoms with Gasteiger partial charge in [0.2, 0.25) is 0 Å². The molecule has 0 amide bonds.